The van der Waals surface area contributed by atoms with Crippen molar-refractivity contribution in [3.8, 4) is 0 Å². The lowest BCUT2D eigenvalue weighted by molar-refractivity contribution is -0.339. The Hall–Kier alpha value is -14.0. The van der Waals surface area contributed by atoms with E-state index in [1.165, 1.54) is 170 Å². The molecule has 0 amide bonds. The van der Waals surface area contributed by atoms with E-state index in [9.17, 15) is 39.1 Å². The highest BCUT2D eigenvalue weighted by molar-refractivity contribution is 5.95. The number of carbonyl (C=O) groups is 10. The highest BCUT2D eigenvalue weighted by Crippen LogP contribution is 2.38. The van der Waals surface area contributed by atoms with Crippen LogP contribution in [-0.4, -0.2) is 185 Å². The fourth-order valence-corrected chi connectivity index (χ4v) is 13.0. The third-order valence-corrected chi connectivity index (χ3v) is 18.8. The summed E-state index contributed by atoms with van der Waals surface area (Å²) in [6.07, 6.45) is -29.7. The predicted molar refractivity (Wildman–Crippen MR) is 415 cm³/mol. The molecule has 3 aliphatic rings. The van der Waals surface area contributed by atoms with E-state index in [1.807, 2.05) is 0 Å². The number of esters is 10. The van der Waals surface area contributed by atoms with Crippen molar-refractivity contribution in [2.24, 2.45) is 5.11 Å². The van der Waals surface area contributed by atoms with Gasteiger partial charge in [-0.3, -0.25) is 0 Å². The molecule has 13 rings (SSSR count). The molecule has 0 aliphatic carbocycles. The van der Waals surface area contributed by atoms with E-state index in [0.717, 1.165) is 0 Å². The molecular formula is C90H75N3O26. The van der Waals surface area contributed by atoms with Crippen molar-refractivity contribution in [2.75, 3.05) is 33.0 Å². The van der Waals surface area contributed by atoms with Crippen LogP contribution in [0.2, 0.25) is 0 Å². The number of azide groups is 1. The van der Waals surface area contributed by atoms with E-state index in [0.29, 0.717) is 0 Å². The van der Waals surface area contributed by atoms with Crippen LogP contribution >= 0.6 is 0 Å². The maximum absolute atomic E-state index is 15.1. The summed E-state index contributed by atoms with van der Waals surface area (Å²) < 4.78 is 104. The Morgan fingerprint density at radius 3 is 0.647 bits per heavy atom. The van der Waals surface area contributed by atoms with Gasteiger partial charge in [-0.1, -0.05) is 187 Å². The van der Waals surface area contributed by atoms with Gasteiger partial charge in [0.15, 0.2) is 73.8 Å². The second-order valence-corrected chi connectivity index (χ2v) is 26.7. The van der Waals surface area contributed by atoms with Gasteiger partial charge in [-0.15, -0.1) is 0 Å². The second kappa shape index (κ2) is 41.0. The highest BCUT2D eigenvalue weighted by Gasteiger charge is 2.59. The van der Waals surface area contributed by atoms with Crippen LogP contribution in [0.15, 0.2) is 308 Å². The summed E-state index contributed by atoms with van der Waals surface area (Å²) in [5, 5.41) is 3.60. The molecule has 29 nitrogen and oxygen atoms in total. The Labute approximate surface area is 679 Å². The fraction of sp³-hybridized carbons (Fsp3) is 0.222. The quantitative estimate of drug-likeness (QED) is 0.00972. The number of nitrogens with zero attached hydrogens (tertiary/aromatic N) is 3. The van der Waals surface area contributed by atoms with Crippen molar-refractivity contribution in [1.29, 1.82) is 0 Å². The lowest BCUT2D eigenvalue weighted by atomic mass is 9.96. The molecule has 10 aromatic carbocycles. The molecule has 3 fully saturated rings. The van der Waals surface area contributed by atoms with Crippen LogP contribution in [0.25, 0.3) is 10.4 Å². The maximum Gasteiger partial charge on any atom is 0.338 e. The van der Waals surface area contributed by atoms with E-state index >= 15 is 14.4 Å². The van der Waals surface area contributed by atoms with Gasteiger partial charge < -0.3 is 75.8 Å². The van der Waals surface area contributed by atoms with Crippen LogP contribution in [0.1, 0.15) is 104 Å². The maximum atomic E-state index is 15.1. The molecule has 0 N–H and O–H groups in total. The lowest BCUT2D eigenvalue weighted by Crippen LogP contribution is -2.66. The molecule has 3 heterocycles. The normalized spacial score (nSPS) is 22.4. The standard InChI is InChI=1S/C90H75N3O26/c91-93-92-51-52-104-88-75(117-85(101)63-45-25-8-26-46-63)72(114-82(98)60-39-19-5-20-40-60)70(112-80(96)58-35-15-3-16-36-58)67(108-88)54-106-90-77(119-87(103)65-49-29-10-30-50-65)74(116-84(100)62-43-23-7-24-44-62)71(113-81(97)59-37-17-4-18-38-59)68(110-90)55-107-89-76(118-86(102)64-47-27-9-28-48-64)73(115-83(99)61-41-21-6-22-42-61)69(111-79(95)57-33-13-2-14-34-57)66(109-89)53-105-78(94)56-31-11-1-12-32-56/h1-50,66-77,88-90H,51-55H2/t66-,67-,68-,69-,70-,71-,72+,73+,74+,75-,76-,77-,88-,89-,90-/m1/s1. The van der Waals surface area contributed by atoms with Crippen LogP contribution in [0.5, 0.6) is 0 Å². The number of carbonyl (C=O) groups excluding carboxylic acids is 10. The fourth-order valence-electron chi connectivity index (χ4n) is 13.0. The average Bonchev–Trinajstić information content (AvgIpc) is 0.774. The molecule has 3 saturated heterocycles. The number of hydrogen-bond donors (Lipinski definition) is 0. The molecule has 119 heavy (non-hydrogen) atoms. The number of benzene rings is 10. The van der Waals surface area contributed by atoms with E-state index in [4.69, 9.17) is 75.8 Å². The third-order valence-electron chi connectivity index (χ3n) is 18.8. The number of rotatable bonds is 31. The Morgan fingerprint density at radius 1 is 0.244 bits per heavy atom. The third kappa shape index (κ3) is 21.7. The average molecular weight is 1610 g/mol. The summed E-state index contributed by atoms with van der Waals surface area (Å²) in [5.41, 5.74) is 9.03. The van der Waals surface area contributed by atoms with Crippen LogP contribution in [0, 0.1) is 0 Å². The molecular weight excluding hydrogens is 1540 g/mol. The van der Waals surface area contributed by atoms with Crippen LogP contribution < -0.4 is 0 Å². The highest BCUT2D eigenvalue weighted by atomic mass is 16.8. The van der Waals surface area contributed by atoms with Gasteiger partial charge in [-0.05, 0) is 127 Å². The molecule has 0 saturated carbocycles. The topological polar surface area (TPSA) is 367 Å². The van der Waals surface area contributed by atoms with Crippen LogP contribution in [-0.2, 0) is 75.8 Å². The van der Waals surface area contributed by atoms with Crippen molar-refractivity contribution in [2.45, 2.75) is 92.1 Å². The first kappa shape index (κ1) is 82.9. The van der Waals surface area contributed by atoms with Gasteiger partial charge in [0.25, 0.3) is 0 Å². The molecule has 0 spiro atoms. The number of ether oxygens (including phenoxy) is 16. The Bertz CT molecular complexity index is 5130. The molecule has 0 aromatic heterocycles. The zero-order chi connectivity index (χ0) is 82.8. The minimum Gasteiger partial charge on any atom is -0.459 e. The summed E-state index contributed by atoms with van der Waals surface area (Å²) in [7, 11) is 0. The summed E-state index contributed by atoms with van der Waals surface area (Å²) in [5.74, 6) is -10.5. The minimum atomic E-state index is -2.18. The van der Waals surface area contributed by atoms with Gasteiger partial charge in [0.2, 0.25) is 0 Å². The first-order valence-corrected chi connectivity index (χ1v) is 37.5. The van der Waals surface area contributed by atoms with E-state index in [2.05, 4.69) is 10.0 Å². The van der Waals surface area contributed by atoms with E-state index < -0.39 is 178 Å². The van der Waals surface area contributed by atoms with Gasteiger partial charge in [0.1, 0.15) is 24.9 Å². The zero-order valence-electron chi connectivity index (χ0n) is 63.0. The summed E-state index contributed by atoms with van der Waals surface area (Å²) in [6, 6.07) is 75.7. The van der Waals surface area contributed by atoms with E-state index in [1.54, 1.807) is 133 Å². The number of hydrogen-bond acceptors (Lipinski definition) is 27. The molecule has 0 radical (unpaired) electrons. The second-order valence-electron chi connectivity index (χ2n) is 26.7. The van der Waals surface area contributed by atoms with Crippen molar-refractivity contribution < 1.29 is 124 Å². The van der Waals surface area contributed by atoms with Gasteiger partial charge in [0.05, 0.1) is 75.5 Å². The molecule has 0 unspecified atom stereocenters. The smallest absolute Gasteiger partial charge is 0.338 e. The van der Waals surface area contributed by atoms with Gasteiger partial charge in [0, 0.05) is 11.5 Å². The first-order chi connectivity index (χ1) is 58.1. The van der Waals surface area contributed by atoms with Crippen molar-refractivity contribution in [3.63, 3.8) is 0 Å². The van der Waals surface area contributed by atoms with Crippen molar-refractivity contribution in [3.05, 3.63) is 369 Å². The van der Waals surface area contributed by atoms with Crippen LogP contribution in [0.4, 0.5) is 0 Å². The molecule has 10 aromatic rings. The van der Waals surface area contributed by atoms with Crippen molar-refractivity contribution >= 4 is 59.7 Å². The Morgan fingerprint density at radius 2 is 0.429 bits per heavy atom. The molecule has 0 bridgehead atoms. The van der Waals surface area contributed by atoms with Gasteiger partial charge >= 0.3 is 59.7 Å². The Kier molecular flexibility index (Phi) is 28.6. The van der Waals surface area contributed by atoms with Crippen LogP contribution in [0.3, 0.4) is 0 Å². The summed E-state index contributed by atoms with van der Waals surface area (Å²) in [4.78, 5) is 150. The minimum absolute atomic E-state index is 0.00104. The Balaban J connectivity index is 0.955. The summed E-state index contributed by atoms with van der Waals surface area (Å²) >= 11 is 0. The van der Waals surface area contributed by atoms with E-state index in [-0.39, 0.29) is 62.2 Å². The summed E-state index contributed by atoms with van der Waals surface area (Å²) in [6.45, 7) is -3.59. The molecule has 606 valence electrons. The zero-order valence-corrected chi connectivity index (χ0v) is 63.0. The molecule has 15 atom stereocenters. The monoisotopic (exact) mass is 1610 g/mol. The van der Waals surface area contributed by atoms with Gasteiger partial charge in [-0.2, -0.15) is 0 Å². The first-order valence-electron chi connectivity index (χ1n) is 37.5. The SMILES string of the molecule is [N-]=[N+]=NCCO[C@@H]1O[C@H](CO[C@@H]2O[C@H](CO[C@@H]3O[C@H](COC(=O)c4ccccc4)[C@@H](OC(=O)c4ccccc4)[C@H](OC(=O)c4ccccc4)[C@H]3OC(=O)c3ccccc3)[C@@H](OC(=O)c3ccccc3)[C@H](OC(=O)c3ccccc3)[C@H]2OC(=O)c2ccccc2)[C@@H](OC(=O)c2ccccc2)[C@H](OC(=O)c2ccccc2)[C@H]1OC(=O)c1ccccc1. The molecule has 29 heteroatoms. The van der Waals surface area contributed by atoms with Gasteiger partial charge in [-0.25, -0.2) is 47.9 Å². The predicted octanol–water partition coefficient (Wildman–Crippen LogP) is 12.4. The largest absolute Gasteiger partial charge is 0.459 e. The lowest BCUT2D eigenvalue weighted by Gasteiger charge is -2.47. The van der Waals surface area contributed by atoms with Crippen molar-refractivity contribution in [1.82, 2.24) is 0 Å². The molecule has 3 aliphatic heterocycles.